The number of aromatic nitrogens is 2. The molecule has 5 nitrogen and oxygen atoms in total. The lowest BCUT2D eigenvalue weighted by Gasteiger charge is -2.40. The van der Waals surface area contributed by atoms with Gasteiger partial charge in [-0.2, -0.15) is 5.10 Å². The summed E-state index contributed by atoms with van der Waals surface area (Å²) in [6.45, 7) is 4.44. The minimum atomic E-state index is -0.549. The molecule has 3 atom stereocenters. The number of carbonyl (C=O) groups is 1. The first-order chi connectivity index (χ1) is 10.6. The van der Waals surface area contributed by atoms with E-state index in [1.165, 1.54) is 0 Å². The quantitative estimate of drug-likeness (QED) is 0.906. The molecule has 22 heavy (non-hydrogen) atoms. The lowest BCUT2D eigenvalue weighted by atomic mass is 9.69. The largest absolute Gasteiger partial charge is 0.390 e. The van der Waals surface area contributed by atoms with Gasteiger partial charge in [0.2, 0.25) is 5.91 Å². The van der Waals surface area contributed by atoms with E-state index in [4.69, 9.17) is 0 Å². The van der Waals surface area contributed by atoms with Crippen LogP contribution in [0.4, 0.5) is 0 Å². The second kappa shape index (κ2) is 6.41. The molecule has 1 N–H and O–H groups in total. The van der Waals surface area contributed by atoms with Crippen molar-refractivity contribution in [2.24, 2.45) is 11.8 Å². The van der Waals surface area contributed by atoms with Crippen molar-refractivity contribution in [1.82, 2.24) is 14.7 Å². The van der Waals surface area contributed by atoms with E-state index in [1.807, 2.05) is 21.8 Å². The van der Waals surface area contributed by atoms with Crippen LogP contribution in [0, 0.1) is 11.8 Å². The molecule has 1 saturated heterocycles. The molecule has 122 valence electrons. The highest BCUT2D eigenvalue weighted by Gasteiger charge is 2.48. The lowest BCUT2D eigenvalue weighted by Crippen LogP contribution is -2.44. The van der Waals surface area contributed by atoms with Gasteiger partial charge in [0.1, 0.15) is 0 Å². The van der Waals surface area contributed by atoms with Crippen molar-refractivity contribution in [2.45, 2.75) is 57.6 Å². The summed E-state index contributed by atoms with van der Waals surface area (Å²) in [5.41, 5.74) is -0.549. The second-order valence-corrected chi connectivity index (χ2v) is 6.89. The van der Waals surface area contributed by atoms with Crippen LogP contribution in [0.5, 0.6) is 0 Å². The zero-order valence-corrected chi connectivity index (χ0v) is 13.4. The van der Waals surface area contributed by atoms with E-state index in [0.717, 1.165) is 51.7 Å². The summed E-state index contributed by atoms with van der Waals surface area (Å²) in [6, 6.07) is 1.90. The minimum Gasteiger partial charge on any atom is -0.390 e. The van der Waals surface area contributed by atoms with Gasteiger partial charge in [0, 0.05) is 44.4 Å². The lowest BCUT2D eigenvalue weighted by molar-refractivity contribution is -0.130. The number of nitrogens with zero attached hydrogens (tertiary/aromatic N) is 3. The topological polar surface area (TPSA) is 58.4 Å². The molecule has 1 aromatic heterocycles. The fourth-order valence-electron chi connectivity index (χ4n) is 4.25. The van der Waals surface area contributed by atoms with Crippen molar-refractivity contribution in [3.05, 3.63) is 18.5 Å². The Balaban J connectivity index is 1.52. The van der Waals surface area contributed by atoms with Crippen LogP contribution in [0.15, 0.2) is 18.5 Å². The molecule has 5 heteroatoms. The van der Waals surface area contributed by atoms with Crippen LogP contribution in [-0.2, 0) is 11.3 Å². The fourth-order valence-corrected chi connectivity index (χ4v) is 4.25. The molecule has 2 fully saturated rings. The molecule has 3 rings (SSSR count). The number of likely N-dealkylation sites (tertiary alicyclic amines) is 1. The van der Waals surface area contributed by atoms with Gasteiger partial charge in [-0.3, -0.25) is 9.48 Å². The Morgan fingerprint density at radius 1 is 1.45 bits per heavy atom. The Labute approximate surface area is 132 Å². The van der Waals surface area contributed by atoms with Crippen molar-refractivity contribution in [3.63, 3.8) is 0 Å². The molecule has 1 amide bonds. The molecule has 1 aliphatic carbocycles. The Bertz CT molecular complexity index is 502. The number of hydrogen-bond acceptors (Lipinski definition) is 3. The fraction of sp³-hybridized carbons (Fsp3) is 0.765. The number of hydrogen-bond donors (Lipinski definition) is 1. The maximum Gasteiger partial charge on any atom is 0.222 e. The molecule has 0 bridgehead atoms. The summed E-state index contributed by atoms with van der Waals surface area (Å²) < 4.78 is 1.87. The van der Waals surface area contributed by atoms with Crippen LogP contribution >= 0.6 is 0 Å². The van der Waals surface area contributed by atoms with Crippen LogP contribution in [0.25, 0.3) is 0 Å². The van der Waals surface area contributed by atoms with Gasteiger partial charge >= 0.3 is 0 Å². The van der Waals surface area contributed by atoms with E-state index in [1.54, 1.807) is 6.20 Å². The van der Waals surface area contributed by atoms with Gasteiger partial charge in [-0.25, -0.2) is 0 Å². The molecule has 1 aliphatic heterocycles. The summed E-state index contributed by atoms with van der Waals surface area (Å²) >= 11 is 0. The van der Waals surface area contributed by atoms with Gasteiger partial charge in [-0.1, -0.05) is 13.3 Å². The molecule has 2 aliphatic rings. The summed E-state index contributed by atoms with van der Waals surface area (Å²) in [5.74, 6) is 1.01. The minimum absolute atomic E-state index is 0.236. The molecule has 1 saturated carbocycles. The van der Waals surface area contributed by atoms with Gasteiger partial charge in [0.25, 0.3) is 0 Å². The number of carbonyl (C=O) groups excluding carboxylic acids is 1. The van der Waals surface area contributed by atoms with E-state index in [0.29, 0.717) is 12.3 Å². The SMILES string of the molecule is CC[C@]1(O)CCC[C@H]2CN(C(=O)CCCn3cccn3)C[C@H]21. The van der Waals surface area contributed by atoms with Crippen molar-refractivity contribution in [3.8, 4) is 0 Å². The van der Waals surface area contributed by atoms with Crippen LogP contribution in [0.2, 0.25) is 0 Å². The van der Waals surface area contributed by atoms with Crippen molar-refractivity contribution in [2.75, 3.05) is 13.1 Å². The van der Waals surface area contributed by atoms with Crippen LogP contribution in [0.1, 0.15) is 45.4 Å². The Kier molecular flexibility index (Phi) is 4.52. The highest BCUT2D eigenvalue weighted by molar-refractivity contribution is 5.76. The molecular formula is C17H27N3O2. The van der Waals surface area contributed by atoms with Crippen LogP contribution < -0.4 is 0 Å². The second-order valence-electron chi connectivity index (χ2n) is 6.89. The van der Waals surface area contributed by atoms with Crippen LogP contribution in [0.3, 0.4) is 0 Å². The molecular weight excluding hydrogens is 278 g/mol. The van der Waals surface area contributed by atoms with Gasteiger partial charge in [0.15, 0.2) is 0 Å². The maximum atomic E-state index is 12.4. The molecule has 0 radical (unpaired) electrons. The summed E-state index contributed by atoms with van der Waals surface area (Å²) in [6.07, 6.45) is 9.03. The number of aryl methyl sites for hydroxylation is 1. The highest BCUT2D eigenvalue weighted by Crippen LogP contribution is 2.44. The van der Waals surface area contributed by atoms with Gasteiger partial charge in [0.05, 0.1) is 5.60 Å². The zero-order valence-electron chi connectivity index (χ0n) is 13.4. The molecule has 0 unspecified atom stereocenters. The number of amides is 1. The maximum absolute atomic E-state index is 12.4. The summed E-state index contributed by atoms with van der Waals surface area (Å²) in [7, 11) is 0. The van der Waals surface area contributed by atoms with Crippen LogP contribution in [-0.4, -0.2) is 44.4 Å². The average molecular weight is 305 g/mol. The van der Waals surface area contributed by atoms with E-state index in [2.05, 4.69) is 12.0 Å². The van der Waals surface area contributed by atoms with E-state index in [-0.39, 0.29) is 11.8 Å². The van der Waals surface area contributed by atoms with Gasteiger partial charge < -0.3 is 10.0 Å². The Morgan fingerprint density at radius 2 is 2.32 bits per heavy atom. The molecule has 2 heterocycles. The summed E-state index contributed by atoms with van der Waals surface area (Å²) in [5, 5.41) is 15.0. The third kappa shape index (κ3) is 3.05. The summed E-state index contributed by atoms with van der Waals surface area (Å²) in [4.78, 5) is 14.4. The smallest absolute Gasteiger partial charge is 0.222 e. The van der Waals surface area contributed by atoms with Gasteiger partial charge in [-0.15, -0.1) is 0 Å². The van der Waals surface area contributed by atoms with Crippen molar-refractivity contribution < 1.29 is 9.90 Å². The third-order valence-corrected chi connectivity index (χ3v) is 5.62. The first-order valence-electron chi connectivity index (χ1n) is 8.60. The molecule has 0 aromatic carbocycles. The van der Waals surface area contributed by atoms with Crippen molar-refractivity contribution >= 4 is 5.91 Å². The average Bonchev–Trinajstić information content (AvgIpc) is 3.17. The predicted molar refractivity (Wildman–Crippen MR) is 84.1 cm³/mol. The first kappa shape index (κ1) is 15.5. The Hall–Kier alpha value is -1.36. The zero-order chi connectivity index (χ0) is 15.6. The van der Waals surface area contributed by atoms with Gasteiger partial charge in [-0.05, 0) is 37.7 Å². The molecule has 0 spiro atoms. The van der Waals surface area contributed by atoms with E-state index < -0.39 is 5.60 Å². The van der Waals surface area contributed by atoms with E-state index >= 15 is 0 Å². The first-order valence-corrected chi connectivity index (χ1v) is 8.60. The number of aliphatic hydroxyl groups is 1. The normalized spacial score (nSPS) is 31.3. The molecule has 1 aromatic rings. The number of rotatable bonds is 5. The van der Waals surface area contributed by atoms with E-state index in [9.17, 15) is 9.90 Å². The third-order valence-electron chi connectivity index (χ3n) is 5.62. The standard InChI is InChI=1S/C17H27N3O2/c1-2-17(22)8-3-6-14-12-19(13-15(14)17)16(21)7-4-10-20-11-5-9-18-20/h5,9,11,14-15,22H,2-4,6-8,10,12-13H2,1H3/t14-,15+,17-/m0/s1. The predicted octanol–water partition coefficient (Wildman–Crippen LogP) is 2.06. The number of fused-ring (bicyclic) bond motifs is 1. The Morgan fingerprint density at radius 3 is 3.05 bits per heavy atom. The monoisotopic (exact) mass is 305 g/mol. The van der Waals surface area contributed by atoms with Crippen molar-refractivity contribution in [1.29, 1.82) is 0 Å². The highest BCUT2D eigenvalue weighted by atomic mass is 16.3.